The van der Waals surface area contributed by atoms with Crippen LogP contribution in [0, 0.1) is 13.8 Å². The molecule has 1 aromatic heterocycles. The summed E-state index contributed by atoms with van der Waals surface area (Å²) in [6.45, 7) is 8.52. The Morgan fingerprint density at radius 2 is 1.83 bits per heavy atom. The summed E-state index contributed by atoms with van der Waals surface area (Å²) in [6, 6.07) is 6.26. The summed E-state index contributed by atoms with van der Waals surface area (Å²) >= 11 is 1.39. The van der Waals surface area contributed by atoms with Gasteiger partial charge in [-0.3, -0.25) is 9.59 Å². The number of carbonyl (C=O) groups is 2. The van der Waals surface area contributed by atoms with Gasteiger partial charge in [-0.1, -0.05) is 30.7 Å². The number of thioether (sulfide) groups is 1. The lowest BCUT2D eigenvalue weighted by atomic mass is 10.1. The van der Waals surface area contributed by atoms with Gasteiger partial charge < -0.3 is 15.2 Å². The number of amides is 2. The fourth-order valence-electron chi connectivity index (χ4n) is 3.85. The van der Waals surface area contributed by atoms with Gasteiger partial charge in [0.05, 0.1) is 11.7 Å². The van der Waals surface area contributed by atoms with Gasteiger partial charge in [0.15, 0.2) is 5.16 Å². The molecule has 1 fully saturated rings. The van der Waals surface area contributed by atoms with E-state index in [-0.39, 0.29) is 23.5 Å². The van der Waals surface area contributed by atoms with Crippen LogP contribution in [0.15, 0.2) is 23.4 Å². The molecule has 3 rings (SSSR count). The Kier molecular flexibility index (Phi) is 7.53. The highest BCUT2D eigenvalue weighted by Crippen LogP contribution is 2.24. The highest BCUT2D eigenvalue weighted by atomic mass is 32.2. The second-order valence-electron chi connectivity index (χ2n) is 7.99. The van der Waals surface area contributed by atoms with Crippen molar-refractivity contribution in [3.63, 3.8) is 0 Å². The van der Waals surface area contributed by atoms with Crippen LogP contribution < -0.4 is 10.6 Å². The largest absolute Gasteiger partial charge is 0.352 e. The molecule has 0 aliphatic heterocycles. The van der Waals surface area contributed by atoms with Crippen LogP contribution in [0.1, 0.15) is 56.5 Å². The van der Waals surface area contributed by atoms with Gasteiger partial charge in [0.1, 0.15) is 5.82 Å². The molecule has 0 saturated heterocycles. The van der Waals surface area contributed by atoms with Crippen molar-refractivity contribution in [2.24, 2.45) is 0 Å². The van der Waals surface area contributed by atoms with Crippen molar-refractivity contribution in [3.05, 3.63) is 35.2 Å². The molecular formula is C22H31N5O2S. The summed E-state index contributed by atoms with van der Waals surface area (Å²) in [5.41, 5.74) is 2.99. The lowest BCUT2D eigenvalue weighted by molar-refractivity contribution is -0.121. The second kappa shape index (κ2) is 10.1. The normalized spacial score (nSPS) is 15.2. The van der Waals surface area contributed by atoms with Gasteiger partial charge in [-0.25, -0.2) is 0 Å². The minimum absolute atomic E-state index is 0.0339. The number of aromatic nitrogens is 3. The topological polar surface area (TPSA) is 88.9 Å². The maximum atomic E-state index is 12.5. The van der Waals surface area contributed by atoms with Crippen LogP contribution in [0.5, 0.6) is 0 Å². The van der Waals surface area contributed by atoms with Gasteiger partial charge in [0, 0.05) is 18.3 Å². The number of carbonyl (C=O) groups excluding carboxylic acids is 2. The van der Waals surface area contributed by atoms with Gasteiger partial charge in [0.2, 0.25) is 11.8 Å². The predicted molar refractivity (Wildman–Crippen MR) is 120 cm³/mol. The number of hydrogen-bond acceptors (Lipinski definition) is 5. The predicted octanol–water partition coefficient (Wildman–Crippen LogP) is 3.64. The Morgan fingerprint density at radius 1 is 1.17 bits per heavy atom. The number of hydrogen-bond donors (Lipinski definition) is 2. The quantitative estimate of drug-likeness (QED) is 0.626. The zero-order chi connectivity index (χ0) is 21.7. The molecule has 1 aliphatic carbocycles. The molecule has 0 spiro atoms. The summed E-state index contributed by atoms with van der Waals surface area (Å²) in [4.78, 5) is 25.0. The van der Waals surface area contributed by atoms with E-state index in [1.165, 1.54) is 24.6 Å². The number of aryl methyl sites for hydroxylation is 2. The zero-order valence-corrected chi connectivity index (χ0v) is 19.0. The van der Waals surface area contributed by atoms with E-state index in [2.05, 4.69) is 26.9 Å². The maximum Gasteiger partial charge on any atom is 0.233 e. The molecule has 1 unspecified atom stereocenters. The van der Waals surface area contributed by atoms with Crippen molar-refractivity contribution in [1.29, 1.82) is 0 Å². The first-order chi connectivity index (χ1) is 14.4. The average Bonchev–Trinajstić information content (AvgIpc) is 3.30. The van der Waals surface area contributed by atoms with Crippen LogP contribution in [0.25, 0.3) is 0 Å². The average molecular weight is 430 g/mol. The SMILES string of the molecule is CCn1c(CC(=O)Nc2cc(C)cc(C)c2)nnc1SC(C)C(=O)NC1CCCC1. The van der Waals surface area contributed by atoms with E-state index in [1.807, 2.05) is 44.4 Å². The minimum atomic E-state index is -0.267. The molecule has 2 N–H and O–H groups in total. The van der Waals surface area contributed by atoms with Crippen LogP contribution in [0.3, 0.4) is 0 Å². The summed E-state index contributed by atoms with van der Waals surface area (Å²) < 4.78 is 1.91. The Morgan fingerprint density at radius 3 is 2.47 bits per heavy atom. The first-order valence-electron chi connectivity index (χ1n) is 10.6. The molecule has 8 heteroatoms. The summed E-state index contributed by atoms with van der Waals surface area (Å²) in [5, 5.41) is 14.9. The third-order valence-electron chi connectivity index (χ3n) is 5.29. The van der Waals surface area contributed by atoms with Crippen LogP contribution in [0.4, 0.5) is 5.69 Å². The molecule has 2 amide bonds. The van der Waals surface area contributed by atoms with Crippen LogP contribution in [-0.2, 0) is 22.6 Å². The monoisotopic (exact) mass is 429 g/mol. The molecule has 0 bridgehead atoms. The fourth-order valence-corrected chi connectivity index (χ4v) is 4.79. The van der Waals surface area contributed by atoms with Gasteiger partial charge in [-0.05, 0) is 63.8 Å². The Balaban J connectivity index is 1.61. The highest BCUT2D eigenvalue weighted by molar-refractivity contribution is 8.00. The summed E-state index contributed by atoms with van der Waals surface area (Å²) in [5.74, 6) is 0.502. The van der Waals surface area contributed by atoms with E-state index in [0.717, 1.165) is 29.7 Å². The van der Waals surface area contributed by atoms with E-state index in [0.29, 0.717) is 23.6 Å². The molecular weight excluding hydrogens is 398 g/mol. The second-order valence-corrected chi connectivity index (χ2v) is 9.30. The number of nitrogens with zero attached hydrogens (tertiary/aromatic N) is 3. The van der Waals surface area contributed by atoms with E-state index in [4.69, 9.17) is 0 Å². The smallest absolute Gasteiger partial charge is 0.233 e. The maximum absolute atomic E-state index is 12.5. The molecule has 1 aliphatic rings. The fraction of sp³-hybridized carbons (Fsp3) is 0.545. The third-order valence-corrected chi connectivity index (χ3v) is 6.37. The molecule has 2 aromatic rings. The summed E-state index contributed by atoms with van der Waals surface area (Å²) in [7, 11) is 0. The number of rotatable bonds is 8. The van der Waals surface area contributed by atoms with Gasteiger partial charge in [-0.15, -0.1) is 10.2 Å². The number of anilines is 1. The van der Waals surface area contributed by atoms with Crippen LogP contribution in [-0.4, -0.2) is 37.9 Å². The molecule has 1 aromatic carbocycles. The molecule has 1 saturated carbocycles. The van der Waals surface area contributed by atoms with Gasteiger partial charge >= 0.3 is 0 Å². The molecule has 0 radical (unpaired) electrons. The van der Waals surface area contributed by atoms with Crippen LogP contribution in [0.2, 0.25) is 0 Å². The summed E-state index contributed by atoms with van der Waals surface area (Å²) in [6.07, 6.45) is 4.63. The standard InChI is InChI=1S/C22H31N5O2S/c1-5-27-19(13-20(28)23-18-11-14(2)10-15(3)12-18)25-26-22(27)30-16(4)21(29)24-17-8-6-7-9-17/h10-12,16-17H,5-9,13H2,1-4H3,(H,23,28)(H,24,29). The van der Waals surface area contributed by atoms with Crippen molar-refractivity contribution in [3.8, 4) is 0 Å². The molecule has 162 valence electrons. The van der Waals surface area contributed by atoms with Crippen molar-refractivity contribution >= 4 is 29.3 Å². The lowest BCUT2D eigenvalue weighted by Crippen LogP contribution is -2.37. The Labute approximate surface area is 182 Å². The van der Waals surface area contributed by atoms with E-state index >= 15 is 0 Å². The van der Waals surface area contributed by atoms with Crippen LogP contribution >= 0.6 is 11.8 Å². The van der Waals surface area contributed by atoms with Crippen molar-refractivity contribution in [2.75, 3.05) is 5.32 Å². The molecule has 7 nitrogen and oxygen atoms in total. The van der Waals surface area contributed by atoms with Gasteiger partial charge in [0.25, 0.3) is 0 Å². The highest BCUT2D eigenvalue weighted by Gasteiger charge is 2.24. The Bertz CT molecular complexity index is 885. The first-order valence-corrected chi connectivity index (χ1v) is 11.5. The van der Waals surface area contributed by atoms with Crippen molar-refractivity contribution in [2.45, 2.75) is 82.8 Å². The van der Waals surface area contributed by atoms with Crippen molar-refractivity contribution < 1.29 is 9.59 Å². The molecule has 1 atom stereocenters. The first kappa shape index (κ1) is 22.3. The van der Waals surface area contributed by atoms with E-state index < -0.39 is 0 Å². The van der Waals surface area contributed by atoms with Crippen molar-refractivity contribution in [1.82, 2.24) is 20.1 Å². The number of nitrogens with one attached hydrogen (secondary N) is 2. The zero-order valence-electron chi connectivity index (χ0n) is 18.2. The third kappa shape index (κ3) is 5.84. The van der Waals surface area contributed by atoms with E-state index in [9.17, 15) is 9.59 Å². The van der Waals surface area contributed by atoms with E-state index in [1.54, 1.807) is 0 Å². The minimum Gasteiger partial charge on any atom is -0.352 e. The molecule has 30 heavy (non-hydrogen) atoms. The number of benzene rings is 1. The molecule has 1 heterocycles. The Hall–Kier alpha value is -2.35. The van der Waals surface area contributed by atoms with Gasteiger partial charge in [-0.2, -0.15) is 0 Å². The lowest BCUT2D eigenvalue weighted by Gasteiger charge is -2.16.